The lowest BCUT2D eigenvalue weighted by molar-refractivity contribution is 0.402. The molecule has 0 atom stereocenters. The van der Waals surface area contributed by atoms with Crippen molar-refractivity contribution in [3.05, 3.63) is 80.2 Å². The van der Waals surface area contributed by atoms with E-state index in [0.29, 0.717) is 17.5 Å². The van der Waals surface area contributed by atoms with Gasteiger partial charge in [-0.3, -0.25) is 4.79 Å². The SMILES string of the molecule is COc1cn(Cc2ccc(C)c(C)c2)c(Nc2cccc(Cl)c2C)nc1=O. The summed E-state index contributed by atoms with van der Waals surface area (Å²) in [5, 5.41) is 3.88. The molecule has 1 heterocycles. The monoisotopic (exact) mass is 383 g/mol. The van der Waals surface area contributed by atoms with E-state index >= 15 is 0 Å². The maximum Gasteiger partial charge on any atom is 0.316 e. The van der Waals surface area contributed by atoms with Gasteiger partial charge in [-0.25, -0.2) is 0 Å². The average Bonchev–Trinajstić information content (AvgIpc) is 2.64. The first-order valence-corrected chi connectivity index (χ1v) is 9.00. The fourth-order valence-corrected chi connectivity index (χ4v) is 2.97. The standard InChI is InChI=1S/C21H22ClN3O2/c1-13-8-9-16(10-14(13)2)11-25-12-19(27-4)20(26)24-21(25)23-18-7-5-6-17(22)15(18)3/h5-10,12H,11H2,1-4H3,(H,23,24,26). The quantitative estimate of drug-likeness (QED) is 0.698. The van der Waals surface area contributed by atoms with Gasteiger partial charge in [0, 0.05) is 10.7 Å². The van der Waals surface area contributed by atoms with Gasteiger partial charge in [-0.05, 0) is 55.2 Å². The van der Waals surface area contributed by atoms with E-state index in [2.05, 4.69) is 42.3 Å². The van der Waals surface area contributed by atoms with Crippen LogP contribution in [-0.4, -0.2) is 16.7 Å². The van der Waals surface area contributed by atoms with E-state index < -0.39 is 5.56 Å². The van der Waals surface area contributed by atoms with Crippen LogP contribution in [0.3, 0.4) is 0 Å². The number of aromatic nitrogens is 2. The van der Waals surface area contributed by atoms with Crippen LogP contribution in [0, 0.1) is 20.8 Å². The van der Waals surface area contributed by atoms with Crippen LogP contribution in [0.15, 0.2) is 47.4 Å². The van der Waals surface area contributed by atoms with Gasteiger partial charge in [0.1, 0.15) is 0 Å². The number of anilines is 2. The van der Waals surface area contributed by atoms with E-state index in [9.17, 15) is 4.79 Å². The molecule has 0 aliphatic heterocycles. The van der Waals surface area contributed by atoms with Gasteiger partial charge in [0.15, 0.2) is 0 Å². The van der Waals surface area contributed by atoms with E-state index in [1.807, 2.05) is 29.7 Å². The number of rotatable bonds is 5. The molecule has 1 N–H and O–H groups in total. The lowest BCUT2D eigenvalue weighted by atomic mass is 10.1. The van der Waals surface area contributed by atoms with Crippen molar-refractivity contribution < 1.29 is 4.74 Å². The van der Waals surface area contributed by atoms with Gasteiger partial charge in [0.25, 0.3) is 0 Å². The number of nitrogens with zero attached hydrogens (tertiary/aromatic N) is 2. The number of nitrogens with one attached hydrogen (secondary N) is 1. The summed E-state index contributed by atoms with van der Waals surface area (Å²) in [5.74, 6) is 0.636. The molecule has 27 heavy (non-hydrogen) atoms. The molecule has 0 fully saturated rings. The van der Waals surface area contributed by atoms with Crippen LogP contribution in [0.2, 0.25) is 5.02 Å². The molecular weight excluding hydrogens is 362 g/mol. The van der Waals surface area contributed by atoms with Crippen LogP contribution < -0.4 is 15.6 Å². The lowest BCUT2D eigenvalue weighted by Gasteiger charge is -2.17. The van der Waals surface area contributed by atoms with Crippen molar-refractivity contribution >= 4 is 23.2 Å². The highest BCUT2D eigenvalue weighted by atomic mass is 35.5. The first kappa shape index (κ1) is 19.0. The van der Waals surface area contributed by atoms with Crippen molar-refractivity contribution in [3.63, 3.8) is 0 Å². The molecule has 1 aromatic heterocycles. The van der Waals surface area contributed by atoms with Gasteiger partial charge in [-0.2, -0.15) is 4.98 Å². The number of ether oxygens (including phenoxy) is 1. The summed E-state index contributed by atoms with van der Waals surface area (Å²) in [6, 6.07) is 11.9. The topological polar surface area (TPSA) is 56.1 Å². The summed E-state index contributed by atoms with van der Waals surface area (Å²) in [5.41, 5.74) is 4.83. The molecule has 6 heteroatoms. The van der Waals surface area contributed by atoms with Crippen LogP contribution in [0.5, 0.6) is 5.75 Å². The van der Waals surface area contributed by atoms with E-state index in [1.54, 1.807) is 6.20 Å². The molecule has 0 saturated carbocycles. The Kier molecular flexibility index (Phi) is 5.51. The summed E-state index contributed by atoms with van der Waals surface area (Å²) >= 11 is 6.21. The molecule has 0 saturated heterocycles. The zero-order chi connectivity index (χ0) is 19.6. The third-order valence-corrected chi connectivity index (χ3v) is 5.03. The van der Waals surface area contributed by atoms with Crippen LogP contribution in [-0.2, 0) is 6.54 Å². The van der Waals surface area contributed by atoms with Crippen molar-refractivity contribution in [2.75, 3.05) is 12.4 Å². The Morgan fingerprint density at radius 2 is 1.93 bits per heavy atom. The van der Waals surface area contributed by atoms with E-state index in [0.717, 1.165) is 16.8 Å². The summed E-state index contributed by atoms with van der Waals surface area (Å²) in [6.45, 7) is 6.63. The Hall–Kier alpha value is -2.79. The zero-order valence-electron chi connectivity index (χ0n) is 15.8. The summed E-state index contributed by atoms with van der Waals surface area (Å²) in [6.07, 6.45) is 1.67. The average molecular weight is 384 g/mol. The van der Waals surface area contributed by atoms with Gasteiger partial charge in [-0.1, -0.05) is 35.9 Å². The minimum Gasteiger partial charge on any atom is -0.490 e. The molecule has 3 aromatic rings. The fourth-order valence-electron chi connectivity index (χ4n) is 2.80. The van der Waals surface area contributed by atoms with Crippen molar-refractivity contribution in [1.29, 1.82) is 0 Å². The van der Waals surface area contributed by atoms with Gasteiger partial charge in [0.2, 0.25) is 11.7 Å². The molecule has 0 aliphatic rings. The van der Waals surface area contributed by atoms with Crippen LogP contribution >= 0.6 is 11.6 Å². The lowest BCUT2D eigenvalue weighted by Crippen LogP contribution is -2.19. The second-order valence-corrected chi connectivity index (χ2v) is 6.93. The first-order chi connectivity index (χ1) is 12.9. The molecule has 3 rings (SSSR count). The summed E-state index contributed by atoms with van der Waals surface area (Å²) in [7, 11) is 1.47. The third-order valence-electron chi connectivity index (χ3n) is 4.62. The molecule has 0 radical (unpaired) electrons. The van der Waals surface area contributed by atoms with Gasteiger partial charge >= 0.3 is 5.56 Å². The van der Waals surface area contributed by atoms with Crippen LogP contribution in [0.4, 0.5) is 11.6 Å². The van der Waals surface area contributed by atoms with Crippen molar-refractivity contribution in [3.8, 4) is 5.75 Å². The Morgan fingerprint density at radius 1 is 1.15 bits per heavy atom. The highest BCUT2D eigenvalue weighted by Crippen LogP contribution is 2.26. The molecule has 0 bridgehead atoms. The van der Waals surface area contributed by atoms with E-state index in [-0.39, 0.29) is 5.75 Å². The highest BCUT2D eigenvalue weighted by molar-refractivity contribution is 6.31. The summed E-state index contributed by atoms with van der Waals surface area (Å²) in [4.78, 5) is 16.4. The molecule has 5 nitrogen and oxygen atoms in total. The second kappa shape index (κ2) is 7.84. The Bertz CT molecular complexity index is 1040. The number of hydrogen-bond acceptors (Lipinski definition) is 4. The molecule has 0 aliphatic carbocycles. The number of benzene rings is 2. The number of hydrogen-bond donors (Lipinski definition) is 1. The van der Waals surface area contributed by atoms with Crippen molar-refractivity contribution in [2.45, 2.75) is 27.3 Å². The predicted molar refractivity (Wildman–Crippen MR) is 110 cm³/mol. The Labute approximate surface area is 163 Å². The van der Waals surface area contributed by atoms with Gasteiger partial charge < -0.3 is 14.6 Å². The van der Waals surface area contributed by atoms with Gasteiger partial charge in [0.05, 0.1) is 19.9 Å². The molecule has 2 aromatic carbocycles. The van der Waals surface area contributed by atoms with E-state index in [4.69, 9.17) is 16.3 Å². The Morgan fingerprint density at radius 3 is 2.63 bits per heavy atom. The third kappa shape index (κ3) is 4.14. The molecular formula is C21H22ClN3O2. The molecule has 140 valence electrons. The highest BCUT2D eigenvalue weighted by Gasteiger charge is 2.12. The molecule has 0 amide bonds. The van der Waals surface area contributed by atoms with Crippen LogP contribution in [0.1, 0.15) is 22.3 Å². The predicted octanol–water partition coefficient (Wildman–Crippen LogP) is 4.62. The van der Waals surface area contributed by atoms with Gasteiger partial charge in [-0.15, -0.1) is 0 Å². The number of halogens is 1. The minimum atomic E-state index is -0.420. The zero-order valence-corrected chi connectivity index (χ0v) is 16.6. The largest absolute Gasteiger partial charge is 0.490 e. The molecule has 0 unspecified atom stereocenters. The van der Waals surface area contributed by atoms with Crippen molar-refractivity contribution in [2.24, 2.45) is 0 Å². The van der Waals surface area contributed by atoms with Crippen LogP contribution in [0.25, 0.3) is 0 Å². The normalized spacial score (nSPS) is 10.7. The number of aryl methyl sites for hydroxylation is 2. The maximum absolute atomic E-state index is 12.2. The smallest absolute Gasteiger partial charge is 0.316 e. The Balaban J connectivity index is 2.04. The number of methoxy groups -OCH3 is 1. The fraction of sp³-hybridized carbons (Fsp3) is 0.238. The minimum absolute atomic E-state index is 0.201. The van der Waals surface area contributed by atoms with Crippen molar-refractivity contribution in [1.82, 2.24) is 9.55 Å². The first-order valence-electron chi connectivity index (χ1n) is 8.63. The maximum atomic E-state index is 12.2. The van der Waals surface area contributed by atoms with E-state index in [1.165, 1.54) is 18.2 Å². The second-order valence-electron chi connectivity index (χ2n) is 6.52. The summed E-state index contributed by atoms with van der Waals surface area (Å²) < 4.78 is 7.04. The molecule has 0 spiro atoms.